The number of hydrogen-bond donors (Lipinski definition) is 2. The molecule has 6 heteroatoms. The molecule has 1 aromatic rings. The van der Waals surface area contributed by atoms with Gasteiger partial charge in [0.25, 0.3) is 5.91 Å². The lowest BCUT2D eigenvalue weighted by atomic mass is 10.1. The normalized spacial score (nSPS) is 23.1. The van der Waals surface area contributed by atoms with Crippen molar-refractivity contribution in [2.45, 2.75) is 12.1 Å². The van der Waals surface area contributed by atoms with Crippen LogP contribution in [0.25, 0.3) is 0 Å². The molecule has 0 radical (unpaired) electrons. The zero-order valence-corrected chi connectivity index (χ0v) is 11.4. The lowest BCUT2D eigenvalue weighted by molar-refractivity contribution is 0.0780. The molecule has 18 heavy (non-hydrogen) atoms. The van der Waals surface area contributed by atoms with Crippen molar-refractivity contribution < 1.29 is 9.53 Å². The largest absolute Gasteiger partial charge is 0.378 e. The molecule has 98 valence electrons. The van der Waals surface area contributed by atoms with Gasteiger partial charge in [0.15, 0.2) is 0 Å². The molecule has 2 N–H and O–H groups in total. The maximum atomic E-state index is 12.1. The van der Waals surface area contributed by atoms with Gasteiger partial charge in [-0.05, 0) is 18.2 Å². The Hall–Kier alpha value is -0.810. The van der Waals surface area contributed by atoms with Gasteiger partial charge in [0.05, 0.1) is 22.7 Å². The molecule has 2 rings (SSSR count). The van der Waals surface area contributed by atoms with Crippen LogP contribution in [0.4, 0.5) is 0 Å². The number of amides is 1. The molecule has 1 aliphatic rings. The molecule has 0 aromatic heterocycles. The van der Waals surface area contributed by atoms with Gasteiger partial charge in [0.2, 0.25) is 0 Å². The first-order valence-electron chi connectivity index (χ1n) is 5.61. The number of methoxy groups -OCH3 is 1. The Labute approximate surface area is 116 Å². The molecule has 1 aromatic carbocycles. The van der Waals surface area contributed by atoms with Gasteiger partial charge in [-0.25, -0.2) is 0 Å². The molecule has 1 amide bonds. The van der Waals surface area contributed by atoms with Gasteiger partial charge >= 0.3 is 0 Å². The summed E-state index contributed by atoms with van der Waals surface area (Å²) in [5.41, 5.74) is 0.380. The number of hydrogen-bond acceptors (Lipinski definition) is 3. The van der Waals surface area contributed by atoms with Crippen LogP contribution in [0.5, 0.6) is 0 Å². The molecular formula is C12H14Cl2N2O2. The predicted octanol–water partition coefficient (Wildman–Crippen LogP) is 1.71. The van der Waals surface area contributed by atoms with Crippen LogP contribution in [0.2, 0.25) is 10.0 Å². The van der Waals surface area contributed by atoms with E-state index < -0.39 is 0 Å². The number of rotatable bonds is 3. The van der Waals surface area contributed by atoms with E-state index >= 15 is 0 Å². The number of carbonyl (C=O) groups excluding carboxylic acids is 1. The Balaban J connectivity index is 2.09. The van der Waals surface area contributed by atoms with Crippen LogP contribution in [0.1, 0.15) is 10.4 Å². The van der Waals surface area contributed by atoms with Crippen molar-refractivity contribution in [2.75, 3.05) is 20.2 Å². The third-order valence-electron chi connectivity index (χ3n) is 2.95. The maximum absolute atomic E-state index is 12.1. The SMILES string of the molecule is CO[C@H]1CNCC1NC(=O)c1cc(Cl)ccc1Cl. The van der Waals surface area contributed by atoms with Crippen molar-refractivity contribution in [3.05, 3.63) is 33.8 Å². The number of halogens is 2. The van der Waals surface area contributed by atoms with Crippen molar-refractivity contribution in [3.63, 3.8) is 0 Å². The smallest absolute Gasteiger partial charge is 0.253 e. The van der Waals surface area contributed by atoms with Crippen LogP contribution < -0.4 is 10.6 Å². The van der Waals surface area contributed by atoms with E-state index in [1.165, 1.54) is 0 Å². The van der Waals surface area contributed by atoms with E-state index in [2.05, 4.69) is 10.6 Å². The number of nitrogens with one attached hydrogen (secondary N) is 2. The van der Waals surface area contributed by atoms with E-state index in [-0.39, 0.29) is 18.1 Å². The molecule has 0 bridgehead atoms. The first-order chi connectivity index (χ1) is 8.61. The molecule has 0 aliphatic carbocycles. The molecular weight excluding hydrogens is 275 g/mol. The molecule has 0 saturated carbocycles. The van der Waals surface area contributed by atoms with Crippen LogP contribution in [0, 0.1) is 0 Å². The summed E-state index contributed by atoms with van der Waals surface area (Å²) in [6.07, 6.45) is -0.0214. The Morgan fingerprint density at radius 3 is 2.94 bits per heavy atom. The lowest BCUT2D eigenvalue weighted by Gasteiger charge is -2.18. The van der Waals surface area contributed by atoms with Gasteiger partial charge in [0.1, 0.15) is 0 Å². The third kappa shape index (κ3) is 2.95. The topological polar surface area (TPSA) is 50.4 Å². The maximum Gasteiger partial charge on any atom is 0.253 e. The number of ether oxygens (including phenoxy) is 1. The Bertz CT molecular complexity index is 454. The van der Waals surface area contributed by atoms with Crippen LogP contribution in [0.3, 0.4) is 0 Å². The first-order valence-corrected chi connectivity index (χ1v) is 6.37. The average molecular weight is 289 g/mol. The summed E-state index contributed by atoms with van der Waals surface area (Å²) in [4.78, 5) is 12.1. The molecule has 1 saturated heterocycles. The van der Waals surface area contributed by atoms with Gasteiger partial charge in [-0.1, -0.05) is 23.2 Å². The van der Waals surface area contributed by atoms with Crippen LogP contribution in [-0.4, -0.2) is 38.3 Å². The Morgan fingerprint density at radius 1 is 1.44 bits per heavy atom. The number of benzene rings is 1. The van der Waals surface area contributed by atoms with Gasteiger partial charge in [-0.3, -0.25) is 4.79 Å². The molecule has 2 atom stereocenters. The van der Waals surface area contributed by atoms with E-state index in [1.54, 1.807) is 25.3 Å². The minimum absolute atomic E-state index is 0.0214. The quantitative estimate of drug-likeness (QED) is 0.890. The van der Waals surface area contributed by atoms with Crippen LogP contribution in [-0.2, 0) is 4.74 Å². The van der Waals surface area contributed by atoms with Crippen LogP contribution in [0.15, 0.2) is 18.2 Å². The standard InChI is InChI=1S/C12H14Cl2N2O2/c1-18-11-6-15-5-10(11)16-12(17)8-4-7(13)2-3-9(8)14/h2-4,10-11,15H,5-6H2,1H3,(H,16,17)/t10?,11-/m0/s1. The summed E-state index contributed by atoms with van der Waals surface area (Å²) in [6.45, 7) is 1.41. The van der Waals surface area contributed by atoms with Gasteiger partial charge in [-0.15, -0.1) is 0 Å². The zero-order valence-electron chi connectivity index (χ0n) is 9.87. The van der Waals surface area contributed by atoms with Gasteiger partial charge < -0.3 is 15.4 Å². The minimum atomic E-state index is -0.238. The summed E-state index contributed by atoms with van der Waals surface area (Å²) in [6, 6.07) is 4.76. The second kappa shape index (κ2) is 5.89. The number of carbonyl (C=O) groups is 1. The van der Waals surface area contributed by atoms with Crippen molar-refractivity contribution in [3.8, 4) is 0 Å². The highest BCUT2D eigenvalue weighted by atomic mass is 35.5. The first kappa shape index (κ1) is 13.6. The summed E-state index contributed by atoms with van der Waals surface area (Å²) in [5, 5.41) is 6.92. The summed E-state index contributed by atoms with van der Waals surface area (Å²) < 4.78 is 5.28. The van der Waals surface area contributed by atoms with Crippen molar-refractivity contribution in [2.24, 2.45) is 0 Å². The van der Waals surface area contributed by atoms with Crippen molar-refractivity contribution >= 4 is 29.1 Å². The van der Waals surface area contributed by atoms with E-state index in [0.717, 1.165) is 6.54 Å². The van der Waals surface area contributed by atoms with E-state index in [1.807, 2.05) is 0 Å². The van der Waals surface area contributed by atoms with E-state index in [0.29, 0.717) is 22.2 Å². The highest BCUT2D eigenvalue weighted by Gasteiger charge is 2.28. The second-order valence-electron chi connectivity index (χ2n) is 4.14. The Morgan fingerprint density at radius 2 is 2.22 bits per heavy atom. The summed E-state index contributed by atoms with van der Waals surface area (Å²) in [5.74, 6) is -0.238. The minimum Gasteiger partial charge on any atom is -0.378 e. The highest BCUT2D eigenvalue weighted by Crippen LogP contribution is 2.20. The van der Waals surface area contributed by atoms with Crippen LogP contribution >= 0.6 is 23.2 Å². The summed E-state index contributed by atoms with van der Waals surface area (Å²) in [7, 11) is 1.63. The van der Waals surface area contributed by atoms with Gasteiger partial charge in [-0.2, -0.15) is 0 Å². The predicted molar refractivity (Wildman–Crippen MR) is 71.4 cm³/mol. The fraction of sp³-hybridized carbons (Fsp3) is 0.417. The molecule has 4 nitrogen and oxygen atoms in total. The van der Waals surface area contributed by atoms with Gasteiger partial charge in [0, 0.05) is 25.2 Å². The van der Waals surface area contributed by atoms with Crippen molar-refractivity contribution in [1.29, 1.82) is 0 Å². The lowest BCUT2D eigenvalue weighted by Crippen LogP contribution is -2.43. The second-order valence-corrected chi connectivity index (χ2v) is 4.98. The Kier molecular flexibility index (Phi) is 4.45. The molecule has 1 fully saturated rings. The molecule has 0 spiro atoms. The fourth-order valence-electron chi connectivity index (χ4n) is 1.96. The zero-order chi connectivity index (χ0) is 13.1. The molecule has 1 aliphatic heterocycles. The monoisotopic (exact) mass is 288 g/mol. The van der Waals surface area contributed by atoms with E-state index in [4.69, 9.17) is 27.9 Å². The highest BCUT2D eigenvalue weighted by molar-refractivity contribution is 6.35. The van der Waals surface area contributed by atoms with Crippen molar-refractivity contribution in [1.82, 2.24) is 10.6 Å². The average Bonchev–Trinajstić information content (AvgIpc) is 2.79. The third-order valence-corrected chi connectivity index (χ3v) is 3.52. The summed E-state index contributed by atoms with van der Waals surface area (Å²) >= 11 is 11.8. The van der Waals surface area contributed by atoms with E-state index in [9.17, 15) is 4.79 Å². The molecule has 1 unspecified atom stereocenters. The fourth-order valence-corrected chi connectivity index (χ4v) is 2.34. The molecule has 1 heterocycles.